The van der Waals surface area contributed by atoms with E-state index in [0.29, 0.717) is 23.4 Å². The van der Waals surface area contributed by atoms with Crippen molar-refractivity contribution in [1.82, 2.24) is 15.2 Å². The minimum atomic E-state index is -0.510. The summed E-state index contributed by atoms with van der Waals surface area (Å²) in [6, 6.07) is 9.21. The summed E-state index contributed by atoms with van der Waals surface area (Å²) in [5, 5.41) is 6.74. The van der Waals surface area contributed by atoms with Crippen molar-refractivity contribution in [2.75, 3.05) is 32.0 Å². The molecule has 184 valence electrons. The Kier molecular flexibility index (Phi) is 9.90. The molecule has 7 heteroatoms. The van der Waals surface area contributed by atoms with Crippen LogP contribution in [-0.4, -0.2) is 54.3 Å². The summed E-state index contributed by atoms with van der Waals surface area (Å²) in [5.74, 6) is 0.800. The number of aromatic nitrogens is 1. The van der Waals surface area contributed by atoms with Crippen LogP contribution in [0.2, 0.25) is 5.02 Å². The number of unbranched alkanes of at least 4 members (excludes halogenated alkanes) is 1. The van der Waals surface area contributed by atoms with Crippen LogP contribution in [-0.2, 0) is 17.6 Å². The Morgan fingerprint density at radius 2 is 2.03 bits per heavy atom. The molecule has 1 aromatic heterocycles. The zero-order valence-corrected chi connectivity index (χ0v) is 21.4. The number of benzene rings is 1. The quantitative estimate of drug-likeness (QED) is 0.422. The van der Waals surface area contributed by atoms with Crippen LogP contribution in [0.4, 0.5) is 5.82 Å². The first-order valence-electron chi connectivity index (χ1n) is 12.4. The van der Waals surface area contributed by atoms with Gasteiger partial charge in [-0.3, -0.25) is 9.59 Å². The Morgan fingerprint density at radius 3 is 2.82 bits per heavy atom. The number of amides is 1. The van der Waals surface area contributed by atoms with Crippen molar-refractivity contribution in [1.29, 1.82) is 0 Å². The van der Waals surface area contributed by atoms with E-state index in [1.807, 2.05) is 19.9 Å². The van der Waals surface area contributed by atoms with Gasteiger partial charge in [0.1, 0.15) is 5.82 Å². The molecule has 0 fully saturated rings. The molecule has 2 aromatic rings. The first-order valence-corrected chi connectivity index (χ1v) is 12.8. The molecule has 1 aliphatic rings. The number of rotatable bonds is 12. The lowest BCUT2D eigenvalue weighted by Gasteiger charge is -2.22. The number of carbonyl (C=O) groups is 2. The van der Waals surface area contributed by atoms with E-state index in [1.165, 1.54) is 12.0 Å². The molecular formula is C27H37ClN4O2. The fourth-order valence-electron chi connectivity index (χ4n) is 4.28. The van der Waals surface area contributed by atoms with Gasteiger partial charge in [0.25, 0.3) is 5.91 Å². The zero-order valence-electron chi connectivity index (χ0n) is 20.6. The summed E-state index contributed by atoms with van der Waals surface area (Å²) >= 11 is 6.30. The van der Waals surface area contributed by atoms with E-state index in [4.69, 9.17) is 16.6 Å². The number of fused-ring (bicyclic) bond motifs is 1. The highest BCUT2D eigenvalue weighted by Gasteiger charge is 2.22. The predicted molar refractivity (Wildman–Crippen MR) is 139 cm³/mol. The van der Waals surface area contributed by atoms with Crippen LogP contribution >= 0.6 is 11.6 Å². The Hall–Kier alpha value is -2.44. The van der Waals surface area contributed by atoms with Crippen molar-refractivity contribution in [3.8, 4) is 0 Å². The number of Topliss-reactive ketones (excluding diaryl/α,β-unsaturated/α-hetero) is 1. The van der Waals surface area contributed by atoms with E-state index < -0.39 is 6.04 Å². The van der Waals surface area contributed by atoms with Gasteiger partial charge in [-0.15, -0.1) is 0 Å². The Labute approximate surface area is 208 Å². The van der Waals surface area contributed by atoms with Crippen molar-refractivity contribution >= 4 is 29.1 Å². The number of hydrogen-bond acceptors (Lipinski definition) is 5. The average molecular weight is 485 g/mol. The number of anilines is 1. The predicted octanol–water partition coefficient (Wildman–Crippen LogP) is 4.82. The summed E-state index contributed by atoms with van der Waals surface area (Å²) in [5.41, 5.74) is 3.72. The molecule has 34 heavy (non-hydrogen) atoms. The number of nitrogens with one attached hydrogen (secondary N) is 2. The molecule has 3 rings (SSSR count). The Bertz CT molecular complexity index is 995. The van der Waals surface area contributed by atoms with Crippen LogP contribution in [0.3, 0.4) is 0 Å². The molecule has 2 N–H and O–H groups in total. The number of ketones is 1. The van der Waals surface area contributed by atoms with Gasteiger partial charge in [-0.1, -0.05) is 36.7 Å². The van der Waals surface area contributed by atoms with Crippen LogP contribution in [0.1, 0.15) is 66.2 Å². The standard InChI is InChI=1S/C27H37ClN4O2/c1-4-24(33)23(31-27(34)22-12-7-9-19(2)25(22)28)15-18-32(3)17-6-5-11-21-14-13-20-10-8-16-29-26(20)30-21/h7,9,12-14,23H,4-6,8,10-11,15-18H2,1-3H3,(H,29,30)(H,31,34). The normalized spacial score (nSPS) is 13.8. The van der Waals surface area contributed by atoms with Gasteiger partial charge in [0, 0.05) is 25.2 Å². The number of hydrogen-bond donors (Lipinski definition) is 2. The zero-order chi connectivity index (χ0) is 24.5. The molecule has 0 bridgehead atoms. The molecule has 0 spiro atoms. The summed E-state index contributed by atoms with van der Waals surface area (Å²) in [4.78, 5) is 32.2. The second kappa shape index (κ2) is 12.9. The molecule has 0 saturated carbocycles. The lowest BCUT2D eigenvalue weighted by Crippen LogP contribution is -2.42. The van der Waals surface area contributed by atoms with E-state index in [-0.39, 0.29) is 11.7 Å². The maximum Gasteiger partial charge on any atom is 0.253 e. The van der Waals surface area contributed by atoms with Crippen LogP contribution < -0.4 is 10.6 Å². The van der Waals surface area contributed by atoms with Crippen molar-refractivity contribution in [3.05, 3.63) is 57.7 Å². The van der Waals surface area contributed by atoms with Gasteiger partial charge in [-0.2, -0.15) is 0 Å². The Morgan fingerprint density at radius 1 is 1.21 bits per heavy atom. The third-order valence-electron chi connectivity index (χ3n) is 6.45. The highest BCUT2D eigenvalue weighted by atomic mass is 35.5. The smallest absolute Gasteiger partial charge is 0.253 e. The van der Waals surface area contributed by atoms with Gasteiger partial charge in [-0.05, 0) is 82.3 Å². The monoisotopic (exact) mass is 484 g/mol. The number of halogens is 1. The molecule has 1 aromatic carbocycles. The molecule has 6 nitrogen and oxygen atoms in total. The minimum absolute atomic E-state index is 0.0395. The molecule has 0 aliphatic carbocycles. The van der Waals surface area contributed by atoms with Crippen molar-refractivity contribution < 1.29 is 9.59 Å². The molecule has 0 saturated heterocycles. The van der Waals surface area contributed by atoms with E-state index >= 15 is 0 Å². The summed E-state index contributed by atoms with van der Waals surface area (Å²) < 4.78 is 0. The van der Waals surface area contributed by atoms with E-state index in [0.717, 1.165) is 62.4 Å². The Balaban J connectivity index is 1.43. The molecular weight excluding hydrogens is 448 g/mol. The van der Waals surface area contributed by atoms with Gasteiger partial charge < -0.3 is 15.5 Å². The number of carbonyl (C=O) groups excluding carboxylic acids is 2. The fourth-order valence-corrected chi connectivity index (χ4v) is 4.49. The second-order valence-corrected chi connectivity index (χ2v) is 9.55. The van der Waals surface area contributed by atoms with Crippen LogP contribution in [0.5, 0.6) is 0 Å². The maximum atomic E-state index is 12.8. The van der Waals surface area contributed by atoms with Gasteiger partial charge >= 0.3 is 0 Å². The van der Waals surface area contributed by atoms with Gasteiger partial charge in [0.05, 0.1) is 16.6 Å². The van der Waals surface area contributed by atoms with Gasteiger partial charge in [0.2, 0.25) is 0 Å². The number of pyridine rings is 1. The highest BCUT2D eigenvalue weighted by molar-refractivity contribution is 6.34. The third-order valence-corrected chi connectivity index (χ3v) is 6.95. The lowest BCUT2D eigenvalue weighted by molar-refractivity contribution is -0.120. The largest absolute Gasteiger partial charge is 0.370 e. The molecule has 0 radical (unpaired) electrons. The van der Waals surface area contributed by atoms with Crippen molar-refractivity contribution in [2.24, 2.45) is 0 Å². The highest BCUT2D eigenvalue weighted by Crippen LogP contribution is 2.21. The summed E-state index contributed by atoms with van der Waals surface area (Å²) in [6.07, 6.45) is 6.34. The SMILES string of the molecule is CCC(=O)C(CCN(C)CCCCc1ccc2c(n1)NCCC2)NC(=O)c1cccc(C)c1Cl. The van der Waals surface area contributed by atoms with Gasteiger partial charge in [0.15, 0.2) is 5.78 Å². The molecule has 1 amide bonds. The van der Waals surface area contributed by atoms with Crippen LogP contribution in [0.15, 0.2) is 30.3 Å². The van der Waals surface area contributed by atoms with Crippen molar-refractivity contribution in [3.63, 3.8) is 0 Å². The molecule has 2 heterocycles. The summed E-state index contributed by atoms with van der Waals surface area (Å²) in [7, 11) is 2.06. The second-order valence-electron chi connectivity index (χ2n) is 9.17. The third kappa shape index (κ3) is 7.28. The van der Waals surface area contributed by atoms with E-state index in [1.54, 1.807) is 12.1 Å². The maximum absolute atomic E-state index is 12.8. The van der Waals surface area contributed by atoms with E-state index in [2.05, 4.69) is 34.7 Å². The number of nitrogens with zero attached hydrogens (tertiary/aromatic N) is 2. The first kappa shape index (κ1) is 26.2. The minimum Gasteiger partial charge on any atom is -0.370 e. The van der Waals surface area contributed by atoms with Crippen molar-refractivity contribution in [2.45, 2.75) is 64.8 Å². The van der Waals surface area contributed by atoms with E-state index in [9.17, 15) is 9.59 Å². The van der Waals surface area contributed by atoms with Crippen LogP contribution in [0, 0.1) is 6.92 Å². The molecule has 1 aliphatic heterocycles. The first-order chi connectivity index (χ1) is 16.4. The van der Waals surface area contributed by atoms with Gasteiger partial charge in [-0.25, -0.2) is 4.98 Å². The molecule has 1 unspecified atom stereocenters. The topological polar surface area (TPSA) is 74.3 Å². The summed E-state index contributed by atoms with van der Waals surface area (Å²) in [6.45, 7) is 6.37. The molecule has 1 atom stereocenters. The fraction of sp³-hybridized carbons (Fsp3) is 0.519. The van der Waals surface area contributed by atoms with Crippen LogP contribution in [0.25, 0.3) is 0 Å². The lowest BCUT2D eigenvalue weighted by atomic mass is 10.0. The average Bonchev–Trinajstić information content (AvgIpc) is 2.85. The number of aryl methyl sites for hydroxylation is 3.